The topological polar surface area (TPSA) is 75.6 Å². The molecule has 5 nitrogen and oxygen atoms in total. The average Bonchev–Trinajstić information content (AvgIpc) is 2.46. The van der Waals surface area contributed by atoms with Crippen LogP contribution in [-0.4, -0.2) is 36.7 Å². The van der Waals surface area contributed by atoms with Gasteiger partial charge >= 0.3 is 5.97 Å². The summed E-state index contributed by atoms with van der Waals surface area (Å²) < 4.78 is 4.94. The van der Waals surface area contributed by atoms with Crippen LogP contribution >= 0.6 is 0 Å². The highest BCUT2D eigenvalue weighted by molar-refractivity contribution is 5.76. The van der Waals surface area contributed by atoms with E-state index in [-0.39, 0.29) is 18.4 Å². The molecule has 0 aromatic heterocycles. The molecular weight excluding hydrogens is 270 g/mol. The molecule has 1 unspecified atom stereocenters. The second kappa shape index (κ2) is 10.6. The summed E-state index contributed by atoms with van der Waals surface area (Å²) in [6, 6.07) is -0.000699. The minimum Gasteiger partial charge on any atom is -0.481 e. The molecule has 122 valence electrons. The van der Waals surface area contributed by atoms with Crippen molar-refractivity contribution in [2.24, 2.45) is 5.92 Å². The molecule has 21 heavy (non-hydrogen) atoms. The van der Waals surface area contributed by atoms with Crippen molar-refractivity contribution in [3.63, 3.8) is 0 Å². The Morgan fingerprint density at radius 3 is 2.57 bits per heavy atom. The number of methoxy groups -OCH3 is 1. The SMILES string of the molecule is COCCCC(=O)NC(CCC(=O)O)CC1CCCCC1. The highest BCUT2D eigenvalue weighted by Crippen LogP contribution is 2.28. The van der Waals surface area contributed by atoms with Crippen LogP contribution in [0, 0.1) is 5.92 Å². The molecule has 1 atom stereocenters. The van der Waals surface area contributed by atoms with Crippen molar-refractivity contribution in [1.82, 2.24) is 5.32 Å². The standard InChI is InChI=1S/C16H29NO4/c1-21-11-5-8-15(18)17-14(9-10-16(19)20)12-13-6-3-2-4-7-13/h13-14H,2-12H2,1H3,(H,17,18)(H,19,20). The quantitative estimate of drug-likeness (QED) is 0.608. The van der Waals surface area contributed by atoms with Crippen molar-refractivity contribution < 1.29 is 19.4 Å². The fraction of sp³-hybridized carbons (Fsp3) is 0.875. The van der Waals surface area contributed by atoms with Gasteiger partial charge in [-0.3, -0.25) is 9.59 Å². The first-order chi connectivity index (χ1) is 10.1. The second-order valence-corrected chi connectivity index (χ2v) is 6.03. The Bertz CT molecular complexity index is 313. The minimum absolute atomic E-state index is 0.000699. The zero-order chi connectivity index (χ0) is 15.5. The van der Waals surface area contributed by atoms with Gasteiger partial charge in [0, 0.05) is 32.6 Å². The number of carboxylic acids is 1. The van der Waals surface area contributed by atoms with Crippen LogP contribution in [-0.2, 0) is 14.3 Å². The Morgan fingerprint density at radius 1 is 1.24 bits per heavy atom. The number of nitrogens with one attached hydrogen (secondary N) is 1. The van der Waals surface area contributed by atoms with Gasteiger partial charge in [0.1, 0.15) is 0 Å². The van der Waals surface area contributed by atoms with E-state index in [4.69, 9.17) is 9.84 Å². The molecule has 0 bridgehead atoms. The van der Waals surface area contributed by atoms with Gasteiger partial charge in [-0.15, -0.1) is 0 Å². The third-order valence-corrected chi connectivity index (χ3v) is 4.17. The van der Waals surface area contributed by atoms with E-state index < -0.39 is 5.97 Å². The summed E-state index contributed by atoms with van der Waals surface area (Å²) in [7, 11) is 1.62. The summed E-state index contributed by atoms with van der Waals surface area (Å²) in [5.41, 5.74) is 0. The molecule has 1 rings (SSSR count). The second-order valence-electron chi connectivity index (χ2n) is 6.03. The molecule has 0 heterocycles. The summed E-state index contributed by atoms with van der Waals surface area (Å²) >= 11 is 0. The van der Waals surface area contributed by atoms with E-state index in [1.807, 2.05) is 0 Å². The summed E-state index contributed by atoms with van der Waals surface area (Å²) in [6.45, 7) is 0.579. The molecule has 0 spiro atoms. The molecule has 0 aliphatic heterocycles. The molecule has 1 fully saturated rings. The normalized spacial score (nSPS) is 17.4. The molecule has 1 saturated carbocycles. The lowest BCUT2D eigenvalue weighted by molar-refractivity contribution is -0.137. The molecule has 1 aliphatic carbocycles. The Kier molecular flexibility index (Phi) is 9.06. The first-order valence-electron chi connectivity index (χ1n) is 8.12. The van der Waals surface area contributed by atoms with Crippen LogP contribution in [0.5, 0.6) is 0 Å². The number of hydrogen-bond acceptors (Lipinski definition) is 3. The smallest absolute Gasteiger partial charge is 0.303 e. The van der Waals surface area contributed by atoms with Gasteiger partial charge < -0.3 is 15.2 Å². The maximum Gasteiger partial charge on any atom is 0.303 e. The first kappa shape index (κ1) is 18.0. The van der Waals surface area contributed by atoms with Crippen LogP contribution < -0.4 is 5.32 Å². The zero-order valence-corrected chi connectivity index (χ0v) is 13.1. The molecule has 1 amide bonds. The molecular formula is C16H29NO4. The van der Waals surface area contributed by atoms with Gasteiger partial charge in [0.25, 0.3) is 0 Å². The summed E-state index contributed by atoms with van der Waals surface area (Å²) in [5, 5.41) is 11.9. The van der Waals surface area contributed by atoms with E-state index in [0.717, 1.165) is 6.42 Å². The predicted octanol–water partition coefficient (Wildman–Crippen LogP) is 2.73. The van der Waals surface area contributed by atoms with Crippen molar-refractivity contribution in [2.45, 2.75) is 70.3 Å². The van der Waals surface area contributed by atoms with Gasteiger partial charge in [-0.25, -0.2) is 0 Å². The number of amides is 1. The third kappa shape index (κ3) is 8.71. The van der Waals surface area contributed by atoms with E-state index in [1.165, 1.54) is 32.1 Å². The average molecular weight is 299 g/mol. The lowest BCUT2D eigenvalue weighted by Gasteiger charge is -2.27. The van der Waals surface area contributed by atoms with Crippen molar-refractivity contribution in [2.75, 3.05) is 13.7 Å². The van der Waals surface area contributed by atoms with Gasteiger partial charge in [0.15, 0.2) is 0 Å². The fourth-order valence-electron chi connectivity index (χ4n) is 3.05. The van der Waals surface area contributed by atoms with Crippen LogP contribution in [0.3, 0.4) is 0 Å². The van der Waals surface area contributed by atoms with E-state index in [0.29, 0.717) is 31.8 Å². The number of carbonyl (C=O) groups excluding carboxylic acids is 1. The fourth-order valence-corrected chi connectivity index (χ4v) is 3.05. The predicted molar refractivity (Wildman–Crippen MR) is 81.1 cm³/mol. The van der Waals surface area contributed by atoms with Crippen molar-refractivity contribution in [3.05, 3.63) is 0 Å². The number of carbonyl (C=O) groups is 2. The lowest BCUT2D eigenvalue weighted by Crippen LogP contribution is -2.37. The van der Waals surface area contributed by atoms with E-state index in [1.54, 1.807) is 7.11 Å². The molecule has 0 radical (unpaired) electrons. The van der Waals surface area contributed by atoms with Gasteiger partial charge in [-0.1, -0.05) is 32.1 Å². The maximum atomic E-state index is 11.9. The van der Waals surface area contributed by atoms with Crippen LogP contribution in [0.2, 0.25) is 0 Å². The first-order valence-corrected chi connectivity index (χ1v) is 8.12. The molecule has 0 aromatic carbocycles. The Labute approximate surface area is 127 Å². The summed E-state index contributed by atoms with van der Waals surface area (Å²) in [5.74, 6) is -0.146. The monoisotopic (exact) mass is 299 g/mol. The molecule has 0 saturated heterocycles. The van der Waals surface area contributed by atoms with Crippen molar-refractivity contribution in [3.8, 4) is 0 Å². The molecule has 5 heteroatoms. The maximum absolute atomic E-state index is 11.9. The largest absolute Gasteiger partial charge is 0.481 e. The number of ether oxygens (including phenoxy) is 1. The highest BCUT2D eigenvalue weighted by atomic mass is 16.5. The lowest BCUT2D eigenvalue weighted by atomic mass is 9.84. The number of hydrogen-bond donors (Lipinski definition) is 2. The van der Waals surface area contributed by atoms with Crippen LogP contribution in [0.25, 0.3) is 0 Å². The Morgan fingerprint density at radius 2 is 1.95 bits per heavy atom. The molecule has 2 N–H and O–H groups in total. The van der Waals surface area contributed by atoms with Gasteiger partial charge in [-0.05, 0) is 25.2 Å². The van der Waals surface area contributed by atoms with Crippen LogP contribution in [0.1, 0.15) is 64.2 Å². The van der Waals surface area contributed by atoms with Gasteiger partial charge in [0.2, 0.25) is 5.91 Å². The summed E-state index contributed by atoms with van der Waals surface area (Å²) in [6.07, 6.45) is 8.97. The van der Waals surface area contributed by atoms with E-state index in [9.17, 15) is 9.59 Å². The number of aliphatic carboxylic acids is 1. The van der Waals surface area contributed by atoms with Crippen molar-refractivity contribution >= 4 is 11.9 Å². The summed E-state index contributed by atoms with van der Waals surface area (Å²) in [4.78, 5) is 22.7. The number of carboxylic acid groups (broad SMARTS) is 1. The number of rotatable bonds is 10. The molecule has 1 aliphatic rings. The van der Waals surface area contributed by atoms with Crippen LogP contribution in [0.4, 0.5) is 0 Å². The van der Waals surface area contributed by atoms with Crippen molar-refractivity contribution in [1.29, 1.82) is 0 Å². The van der Waals surface area contributed by atoms with E-state index in [2.05, 4.69) is 5.32 Å². The minimum atomic E-state index is -0.794. The highest BCUT2D eigenvalue weighted by Gasteiger charge is 2.21. The van der Waals surface area contributed by atoms with E-state index >= 15 is 0 Å². The van der Waals surface area contributed by atoms with Gasteiger partial charge in [0.05, 0.1) is 0 Å². The molecule has 0 aromatic rings. The third-order valence-electron chi connectivity index (χ3n) is 4.17. The Balaban J connectivity index is 2.38. The van der Waals surface area contributed by atoms with Gasteiger partial charge in [-0.2, -0.15) is 0 Å². The zero-order valence-electron chi connectivity index (χ0n) is 13.1. The van der Waals surface area contributed by atoms with Crippen LogP contribution in [0.15, 0.2) is 0 Å². The Hall–Kier alpha value is -1.10.